The van der Waals surface area contributed by atoms with Crippen LogP contribution in [0.5, 0.6) is 0 Å². The van der Waals surface area contributed by atoms with Gasteiger partial charge in [-0.05, 0) is 30.9 Å². The van der Waals surface area contributed by atoms with E-state index < -0.39 is 0 Å². The molecular weight excluding hydrogens is 487 g/mol. The first kappa shape index (κ1) is 24.2. The summed E-state index contributed by atoms with van der Waals surface area (Å²) < 4.78 is 0. The van der Waals surface area contributed by atoms with Crippen LogP contribution in [0.2, 0.25) is 0 Å². The summed E-state index contributed by atoms with van der Waals surface area (Å²) in [4.78, 5) is 18.6. The molecule has 0 bridgehead atoms. The minimum Gasteiger partial charge on any atom is -0.357 e. The van der Waals surface area contributed by atoms with Crippen molar-refractivity contribution in [3.05, 3.63) is 71.8 Å². The smallest absolute Gasteiger partial charge is 0.222 e. The first-order valence-corrected chi connectivity index (χ1v) is 10.7. The van der Waals surface area contributed by atoms with Gasteiger partial charge in [-0.2, -0.15) is 0 Å². The van der Waals surface area contributed by atoms with Crippen LogP contribution < -0.4 is 10.6 Å². The molecule has 0 radical (unpaired) electrons. The zero-order valence-corrected chi connectivity index (χ0v) is 20.0. The number of rotatable bonds is 9. The Morgan fingerprint density at radius 2 is 1.67 bits per heavy atom. The molecule has 6 heteroatoms. The minimum absolute atomic E-state index is 0. The number of hydrogen-bond donors (Lipinski definition) is 2. The van der Waals surface area contributed by atoms with Crippen molar-refractivity contribution in [1.82, 2.24) is 15.5 Å². The molecule has 0 aliphatic carbocycles. The van der Waals surface area contributed by atoms with Crippen molar-refractivity contribution in [3.8, 4) is 0 Å². The number of guanidine groups is 1. The van der Waals surface area contributed by atoms with Crippen molar-refractivity contribution in [2.75, 3.05) is 32.7 Å². The molecule has 0 spiro atoms. The van der Waals surface area contributed by atoms with Gasteiger partial charge in [0.15, 0.2) is 5.96 Å². The van der Waals surface area contributed by atoms with Gasteiger partial charge in [-0.25, -0.2) is 0 Å². The third kappa shape index (κ3) is 7.31. The predicted octanol–water partition coefficient (Wildman–Crippen LogP) is 4.00. The summed E-state index contributed by atoms with van der Waals surface area (Å²) >= 11 is 0. The molecule has 1 fully saturated rings. The average molecular weight is 520 g/mol. The molecule has 1 amide bonds. The molecule has 162 valence electrons. The zero-order valence-electron chi connectivity index (χ0n) is 17.7. The summed E-state index contributed by atoms with van der Waals surface area (Å²) in [6, 6.07) is 21.1. The number of benzene rings is 2. The van der Waals surface area contributed by atoms with Crippen LogP contribution in [0.25, 0.3) is 0 Å². The van der Waals surface area contributed by atoms with Gasteiger partial charge in [0.1, 0.15) is 0 Å². The second-order valence-electron chi connectivity index (χ2n) is 7.36. The number of amides is 1. The van der Waals surface area contributed by atoms with E-state index in [1.165, 1.54) is 11.1 Å². The van der Waals surface area contributed by atoms with Gasteiger partial charge >= 0.3 is 0 Å². The van der Waals surface area contributed by atoms with E-state index in [1.54, 1.807) is 0 Å². The third-order valence-electron chi connectivity index (χ3n) is 5.25. The second-order valence-corrected chi connectivity index (χ2v) is 7.36. The van der Waals surface area contributed by atoms with Crippen LogP contribution in [0.4, 0.5) is 0 Å². The van der Waals surface area contributed by atoms with Crippen LogP contribution in [0, 0.1) is 0 Å². The lowest BCUT2D eigenvalue weighted by Gasteiger charge is -2.19. The lowest BCUT2D eigenvalue weighted by Crippen LogP contribution is -2.39. The largest absolute Gasteiger partial charge is 0.357 e. The maximum absolute atomic E-state index is 11.7. The van der Waals surface area contributed by atoms with Crippen molar-refractivity contribution in [1.29, 1.82) is 0 Å². The monoisotopic (exact) mass is 520 g/mol. The summed E-state index contributed by atoms with van der Waals surface area (Å²) in [5, 5.41) is 6.76. The molecule has 5 nitrogen and oxygen atoms in total. The fourth-order valence-electron chi connectivity index (χ4n) is 3.72. The van der Waals surface area contributed by atoms with E-state index in [9.17, 15) is 4.79 Å². The first-order valence-electron chi connectivity index (χ1n) is 10.7. The van der Waals surface area contributed by atoms with Gasteiger partial charge in [0.05, 0.1) is 6.54 Å². The van der Waals surface area contributed by atoms with E-state index in [0.717, 1.165) is 45.0 Å². The maximum atomic E-state index is 11.7. The molecule has 3 rings (SSSR count). The van der Waals surface area contributed by atoms with Gasteiger partial charge < -0.3 is 15.5 Å². The van der Waals surface area contributed by atoms with Crippen LogP contribution >= 0.6 is 24.0 Å². The van der Waals surface area contributed by atoms with Gasteiger partial charge in [-0.1, -0.05) is 60.7 Å². The highest BCUT2D eigenvalue weighted by Gasteiger charge is 2.19. The highest BCUT2D eigenvalue weighted by atomic mass is 127. The fraction of sp³-hybridized carbons (Fsp3) is 0.417. The lowest BCUT2D eigenvalue weighted by molar-refractivity contribution is -0.127. The van der Waals surface area contributed by atoms with Crippen molar-refractivity contribution < 1.29 is 4.79 Å². The van der Waals surface area contributed by atoms with E-state index in [1.807, 2.05) is 17.0 Å². The molecular formula is C24H33IN4O. The molecule has 0 atom stereocenters. The van der Waals surface area contributed by atoms with Crippen LogP contribution in [0.3, 0.4) is 0 Å². The number of carbonyl (C=O) groups excluding carboxylic acids is 1. The topological polar surface area (TPSA) is 56.7 Å². The van der Waals surface area contributed by atoms with Gasteiger partial charge in [-0.15, -0.1) is 24.0 Å². The van der Waals surface area contributed by atoms with Gasteiger partial charge in [0, 0.05) is 38.5 Å². The number of nitrogens with zero attached hydrogens (tertiary/aromatic N) is 2. The van der Waals surface area contributed by atoms with Crippen LogP contribution in [-0.2, 0) is 4.79 Å². The Kier molecular flexibility index (Phi) is 10.7. The predicted molar refractivity (Wildman–Crippen MR) is 135 cm³/mol. The number of hydrogen-bond acceptors (Lipinski definition) is 2. The quantitative estimate of drug-likeness (QED) is 0.228. The summed E-state index contributed by atoms with van der Waals surface area (Å²) in [6.07, 6.45) is 2.63. The zero-order chi connectivity index (χ0) is 20.3. The van der Waals surface area contributed by atoms with Crippen molar-refractivity contribution in [2.24, 2.45) is 4.99 Å². The standard InChI is InChI=1S/C24H32N4O.HI/c1-2-25-24(26-16-10-18-28-17-9-15-23(28)29)27-19-22(20-11-5-3-6-12-20)21-13-7-4-8-14-21;/h3-8,11-14,22H,2,9-10,15-19H2,1H3,(H2,25,26,27);1H. The number of nitrogens with one attached hydrogen (secondary N) is 2. The number of likely N-dealkylation sites (tertiary alicyclic amines) is 1. The van der Waals surface area contributed by atoms with Crippen LogP contribution in [0.1, 0.15) is 43.2 Å². The highest BCUT2D eigenvalue weighted by Crippen LogP contribution is 2.24. The third-order valence-corrected chi connectivity index (χ3v) is 5.25. The molecule has 0 aromatic heterocycles. The molecule has 0 unspecified atom stereocenters. The van der Waals surface area contributed by atoms with E-state index in [0.29, 0.717) is 18.9 Å². The molecule has 0 saturated carbocycles. The molecule has 1 heterocycles. The highest BCUT2D eigenvalue weighted by molar-refractivity contribution is 14.0. The van der Waals surface area contributed by atoms with Crippen LogP contribution in [-0.4, -0.2) is 49.5 Å². The molecule has 1 aliphatic rings. The normalized spacial score (nSPS) is 14.0. The second kappa shape index (κ2) is 13.3. The molecule has 1 aliphatic heterocycles. The van der Waals surface area contributed by atoms with Gasteiger partial charge in [-0.3, -0.25) is 9.79 Å². The molecule has 2 N–H and O–H groups in total. The van der Waals surface area contributed by atoms with E-state index in [2.05, 4.69) is 66.1 Å². The van der Waals surface area contributed by atoms with Gasteiger partial charge in [0.2, 0.25) is 5.91 Å². The Bertz CT molecular complexity index is 743. The Labute approximate surface area is 197 Å². The van der Waals surface area contributed by atoms with Crippen molar-refractivity contribution in [3.63, 3.8) is 0 Å². The average Bonchev–Trinajstić information content (AvgIpc) is 3.17. The van der Waals surface area contributed by atoms with E-state index in [4.69, 9.17) is 4.99 Å². The first-order chi connectivity index (χ1) is 14.3. The molecule has 30 heavy (non-hydrogen) atoms. The summed E-state index contributed by atoms with van der Waals surface area (Å²) in [6.45, 7) is 6.10. The number of aliphatic imine (C=N–C) groups is 1. The summed E-state index contributed by atoms with van der Waals surface area (Å²) in [5.41, 5.74) is 2.54. The van der Waals surface area contributed by atoms with E-state index in [-0.39, 0.29) is 29.9 Å². The SMILES string of the molecule is CCNC(=NCC(c1ccccc1)c1ccccc1)NCCCN1CCCC1=O.I. The number of halogens is 1. The molecule has 2 aromatic rings. The number of carbonyl (C=O) groups is 1. The summed E-state index contributed by atoms with van der Waals surface area (Å²) in [5.74, 6) is 1.34. The Morgan fingerprint density at radius 3 is 2.20 bits per heavy atom. The lowest BCUT2D eigenvalue weighted by atomic mass is 9.91. The Balaban J connectivity index is 0.00000320. The summed E-state index contributed by atoms with van der Waals surface area (Å²) in [7, 11) is 0. The fourth-order valence-corrected chi connectivity index (χ4v) is 3.72. The molecule has 1 saturated heterocycles. The van der Waals surface area contributed by atoms with Crippen molar-refractivity contribution >= 4 is 35.8 Å². The minimum atomic E-state index is 0. The van der Waals surface area contributed by atoms with Crippen LogP contribution in [0.15, 0.2) is 65.7 Å². The van der Waals surface area contributed by atoms with Gasteiger partial charge in [0.25, 0.3) is 0 Å². The van der Waals surface area contributed by atoms with Crippen molar-refractivity contribution in [2.45, 2.75) is 32.1 Å². The molecule has 2 aromatic carbocycles. The Morgan fingerprint density at radius 1 is 1.03 bits per heavy atom. The van der Waals surface area contributed by atoms with E-state index >= 15 is 0 Å². The Hall–Kier alpha value is -2.09. The maximum Gasteiger partial charge on any atom is 0.222 e.